The second kappa shape index (κ2) is 10.1. The van der Waals surface area contributed by atoms with Gasteiger partial charge >= 0.3 is 0 Å². The van der Waals surface area contributed by atoms with Gasteiger partial charge in [0.05, 0.1) is 5.69 Å². The largest absolute Gasteiger partial charge is 0.486 e. The van der Waals surface area contributed by atoms with Crippen molar-refractivity contribution in [3.8, 4) is 5.75 Å². The van der Waals surface area contributed by atoms with E-state index in [1.165, 1.54) is 11.3 Å². The molecule has 0 aliphatic rings. The van der Waals surface area contributed by atoms with Gasteiger partial charge in [-0.05, 0) is 58.9 Å². The Hall–Kier alpha value is -1.63. The molecular formula is C20H28ClN3O2S. The molecule has 148 valence electrons. The Kier molecular flexibility index (Phi) is 8.07. The zero-order valence-electron chi connectivity index (χ0n) is 16.6. The fourth-order valence-electron chi connectivity index (χ4n) is 2.89. The van der Waals surface area contributed by atoms with E-state index < -0.39 is 0 Å². The van der Waals surface area contributed by atoms with E-state index >= 15 is 0 Å². The highest BCUT2D eigenvalue weighted by molar-refractivity contribution is 7.13. The third kappa shape index (κ3) is 6.48. The van der Waals surface area contributed by atoms with Crippen LogP contribution in [-0.4, -0.2) is 41.0 Å². The Morgan fingerprint density at radius 1 is 1.22 bits per heavy atom. The summed E-state index contributed by atoms with van der Waals surface area (Å²) in [5.41, 5.74) is 0.733. The third-order valence-electron chi connectivity index (χ3n) is 4.21. The summed E-state index contributed by atoms with van der Waals surface area (Å²) in [6.07, 6.45) is 0. The normalized spacial score (nSPS) is 11.4. The topological polar surface area (TPSA) is 54.5 Å². The van der Waals surface area contributed by atoms with Crippen LogP contribution in [0, 0.1) is 6.92 Å². The maximum atomic E-state index is 12.5. The van der Waals surface area contributed by atoms with E-state index in [4.69, 9.17) is 16.3 Å². The number of hydrogen-bond donors (Lipinski definition) is 1. The third-order valence-corrected chi connectivity index (χ3v) is 5.59. The number of ether oxygens (including phenoxy) is 1. The Labute approximate surface area is 170 Å². The van der Waals surface area contributed by atoms with Crippen molar-refractivity contribution >= 4 is 28.8 Å². The van der Waals surface area contributed by atoms with E-state index in [-0.39, 0.29) is 5.91 Å². The number of thiazole rings is 1. The zero-order valence-corrected chi connectivity index (χ0v) is 18.2. The molecule has 2 rings (SSSR count). The van der Waals surface area contributed by atoms with Crippen molar-refractivity contribution < 1.29 is 9.53 Å². The number of hydrogen-bond acceptors (Lipinski definition) is 5. The molecule has 0 radical (unpaired) electrons. The maximum Gasteiger partial charge on any atom is 0.263 e. The van der Waals surface area contributed by atoms with Gasteiger partial charge in [-0.15, -0.1) is 11.3 Å². The number of benzene rings is 1. The Balaban J connectivity index is 1.88. The first-order chi connectivity index (χ1) is 12.8. The quantitative estimate of drug-likeness (QED) is 0.660. The molecule has 2 aromatic rings. The molecule has 1 aromatic carbocycles. The molecule has 0 saturated carbocycles. The Morgan fingerprint density at radius 3 is 2.44 bits per heavy atom. The minimum atomic E-state index is -0.0739. The summed E-state index contributed by atoms with van der Waals surface area (Å²) in [4.78, 5) is 20.0. The molecule has 5 nitrogen and oxygen atoms in total. The van der Waals surface area contributed by atoms with Crippen LogP contribution in [-0.2, 0) is 6.61 Å². The first-order valence-corrected chi connectivity index (χ1v) is 10.4. The highest BCUT2D eigenvalue weighted by Gasteiger charge is 2.17. The van der Waals surface area contributed by atoms with Crippen LogP contribution in [0.25, 0.3) is 0 Å². The van der Waals surface area contributed by atoms with Crippen molar-refractivity contribution in [2.24, 2.45) is 0 Å². The average molecular weight is 410 g/mol. The lowest BCUT2D eigenvalue weighted by molar-refractivity contribution is 0.0942. The minimum absolute atomic E-state index is 0.0739. The summed E-state index contributed by atoms with van der Waals surface area (Å²) >= 11 is 7.24. The monoisotopic (exact) mass is 409 g/mol. The number of nitrogens with zero attached hydrogens (tertiary/aromatic N) is 2. The van der Waals surface area contributed by atoms with E-state index in [2.05, 4.69) is 42.9 Å². The molecule has 0 aliphatic carbocycles. The van der Waals surface area contributed by atoms with E-state index in [9.17, 15) is 4.79 Å². The highest BCUT2D eigenvalue weighted by atomic mass is 35.5. The molecule has 0 atom stereocenters. The SMILES string of the molecule is Cc1nc(COc2ccc(Cl)cc2)sc1C(=O)NCCN(C(C)C)C(C)C. The number of aryl methyl sites for hydroxylation is 1. The van der Waals surface area contributed by atoms with Gasteiger partial charge in [0.2, 0.25) is 0 Å². The molecule has 1 heterocycles. The molecule has 0 unspecified atom stereocenters. The summed E-state index contributed by atoms with van der Waals surface area (Å²) in [6.45, 7) is 12.3. The van der Waals surface area contributed by atoms with Crippen molar-refractivity contribution in [1.29, 1.82) is 0 Å². The first kappa shape index (κ1) is 21.7. The number of carbonyl (C=O) groups excluding carboxylic acids is 1. The van der Waals surface area contributed by atoms with E-state index in [1.54, 1.807) is 12.1 Å². The van der Waals surface area contributed by atoms with Gasteiger partial charge < -0.3 is 10.1 Å². The summed E-state index contributed by atoms with van der Waals surface area (Å²) in [6, 6.07) is 8.07. The van der Waals surface area contributed by atoms with Crippen molar-refractivity contribution in [1.82, 2.24) is 15.2 Å². The summed E-state index contributed by atoms with van der Waals surface area (Å²) in [7, 11) is 0. The minimum Gasteiger partial charge on any atom is -0.486 e. The molecule has 27 heavy (non-hydrogen) atoms. The average Bonchev–Trinajstić information content (AvgIpc) is 2.98. The van der Waals surface area contributed by atoms with Crippen molar-refractivity contribution in [3.05, 3.63) is 44.9 Å². The summed E-state index contributed by atoms with van der Waals surface area (Å²) in [5.74, 6) is 0.649. The highest BCUT2D eigenvalue weighted by Crippen LogP contribution is 2.21. The lowest BCUT2D eigenvalue weighted by Gasteiger charge is -2.30. The van der Waals surface area contributed by atoms with Gasteiger partial charge in [0.25, 0.3) is 5.91 Å². The van der Waals surface area contributed by atoms with Gasteiger partial charge in [0.15, 0.2) is 0 Å². The second-order valence-corrected chi connectivity index (χ2v) is 8.47. The maximum absolute atomic E-state index is 12.5. The summed E-state index contributed by atoms with van der Waals surface area (Å²) < 4.78 is 5.71. The van der Waals surface area contributed by atoms with Gasteiger partial charge in [-0.2, -0.15) is 0 Å². The fraction of sp³-hybridized carbons (Fsp3) is 0.500. The van der Waals surface area contributed by atoms with Crippen LogP contribution in [0.5, 0.6) is 5.75 Å². The fourth-order valence-corrected chi connectivity index (χ4v) is 3.91. The summed E-state index contributed by atoms with van der Waals surface area (Å²) in [5, 5.41) is 4.45. The van der Waals surface area contributed by atoms with Crippen LogP contribution in [0.4, 0.5) is 0 Å². The molecule has 0 fully saturated rings. The molecule has 0 aliphatic heterocycles. The number of halogens is 1. The Bertz CT molecular complexity index is 736. The zero-order chi connectivity index (χ0) is 20.0. The number of rotatable bonds is 9. The predicted octanol–water partition coefficient (Wildman–Crippen LogP) is 4.53. The molecule has 0 spiro atoms. The van der Waals surface area contributed by atoms with Crippen LogP contribution in [0.3, 0.4) is 0 Å². The van der Waals surface area contributed by atoms with E-state index in [1.807, 2.05) is 19.1 Å². The molecule has 0 saturated heterocycles. The number of nitrogens with one attached hydrogen (secondary N) is 1. The van der Waals surface area contributed by atoms with Gasteiger partial charge in [-0.3, -0.25) is 9.69 Å². The van der Waals surface area contributed by atoms with Crippen LogP contribution in [0.15, 0.2) is 24.3 Å². The number of amides is 1. The Morgan fingerprint density at radius 2 is 1.85 bits per heavy atom. The van der Waals surface area contributed by atoms with E-state index in [0.717, 1.165) is 23.0 Å². The van der Waals surface area contributed by atoms with Crippen LogP contribution < -0.4 is 10.1 Å². The molecule has 1 amide bonds. The standard InChI is InChI=1S/C20H28ClN3O2S/c1-13(2)24(14(3)4)11-10-22-20(25)19-15(5)23-18(27-19)12-26-17-8-6-16(21)7-9-17/h6-9,13-14H,10-12H2,1-5H3,(H,22,25). The smallest absolute Gasteiger partial charge is 0.263 e. The predicted molar refractivity (Wildman–Crippen MR) is 112 cm³/mol. The first-order valence-electron chi connectivity index (χ1n) is 9.16. The van der Waals surface area contributed by atoms with Crippen LogP contribution in [0.2, 0.25) is 5.02 Å². The van der Waals surface area contributed by atoms with Gasteiger partial charge in [0, 0.05) is 30.2 Å². The molecule has 1 N–H and O–H groups in total. The van der Waals surface area contributed by atoms with Crippen LogP contribution >= 0.6 is 22.9 Å². The molecule has 1 aromatic heterocycles. The number of aromatic nitrogens is 1. The molecule has 0 bridgehead atoms. The van der Waals surface area contributed by atoms with Crippen molar-refractivity contribution in [2.75, 3.05) is 13.1 Å². The number of carbonyl (C=O) groups is 1. The van der Waals surface area contributed by atoms with Crippen molar-refractivity contribution in [2.45, 2.75) is 53.3 Å². The van der Waals surface area contributed by atoms with Crippen molar-refractivity contribution in [3.63, 3.8) is 0 Å². The van der Waals surface area contributed by atoms with Gasteiger partial charge in [0.1, 0.15) is 22.2 Å². The second-order valence-electron chi connectivity index (χ2n) is 6.95. The molecular weight excluding hydrogens is 382 g/mol. The van der Waals surface area contributed by atoms with Crippen LogP contribution in [0.1, 0.15) is 48.1 Å². The molecule has 7 heteroatoms. The lowest BCUT2D eigenvalue weighted by atomic mass is 10.2. The van der Waals surface area contributed by atoms with Gasteiger partial charge in [-0.25, -0.2) is 4.98 Å². The lowest BCUT2D eigenvalue weighted by Crippen LogP contribution is -2.42. The van der Waals surface area contributed by atoms with E-state index in [0.29, 0.717) is 35.1 Å². The van der Waals surface area contributed by atoms with Gasteiger partial charge in [-0.1, -0.05) is 11.6 Å².